The second-order valence-electron chi connectivity index (χ2n) is 3.95. The van der Waals surface area contributed by atoms with Gasteiger partial charge in [0.05, 0.1) is 0 Å². The molecular weight excluding hydrogens is 236 g/mol. The van der Waals surface area contributed by atoms with Crippen LogP contribution in [-0.2, 0) is 0 Å². The minimum absolute atomic E-state index is 0.0441. The van der Waals surface area contributed by atoms with Crippen LogP contribution in [0.3, 0.4) is 0 Å². The third-order valence-corrected chi connectivity index (χ3v) is 2.55. The summed E-state index contributed by atoms with van der Waals surface area (Å²) in [6, 6.07) is 6.82. The lowest BCUT2D eigenvalue weighted by Gasteiger charge is -2.20. The van der Waals surface area contributed by atoms with Crippen molar-refractivity contribution in [1.29, 1.82) is 0 Å². The number of alkyl halides is 2. The highest BCUT2D eigenvalue weighted by Crippen LogP contribution is 2.28. The van der Waals surface area contributed by atoms with E-state index in [0.717, 1.165) is 18.5 Å². The Morgan fingerprint density at radius 1 is 1.39 bits per heavy atom. The average molecular weight is 255 g/mol. The minimum Gasteiger partial charge on any atom is -0.434 e. The van der Waals surface area contributed by atoms with Crippen molar-refractivity contribution in [2.45, 2.75) is 32.4 Å². The third kappa shape index (κ3) is 4.45. The predicted molar refractivity (Wildman–Crippen MR) is 68.9 cm³/mol. The highest BCUT2D eigenvalue weighted by atomic mass is 19.3. The van der Waals surface area contributed by atoms with Gasteiger partial charge in [0.15, 0.2) is 0 Å². The van der Waals surface area contributed by atoms with Gasteiger partial charge in [0.2, 0.25) is 0 Å². The SMILES string of the molecule is C=CCC(NCCC)c1ccccc1OC(F)F. The Balaban J connectivity index is 2.90. The van der Waals surface area contributed by atoms with E-state index in [1.807, 2.05) is 6.07 Å². The molecule has 0 radical (unpaired) electrons. The molecule has 0 amide bonds. The van der Waals surface area contributed by atoms with Crippen LogP contribution in [0.2, 0.25) is 0 Å². The normalized spacial score (nSPS) is 12.4. The lowest BCUT2D eigenvalue weighted by atomic mass is 10.0. The molecule has 1 aromatic rings. The Labute approximate surface area is 107 Å². The summed E-state index contributed by atoms with van der Waals surface area (Å²) in [4.78, 5) is 0. The topological polar surface area (TPSA) is 21.3 Å². The first-order chi connectivity index (χ1) is 8.69. The van der Waals surface area contributed by atoms with Crippen LogP contribution in [0.5, 0.6) is 5.75 Å². The minimum atomic E-state index is -2.80. The van der Waals surface area contributed by atoms with Gasteiger partial charge in [-0.2, -0.15) is 8.78 Å². The molecule has 0 saturated carbocycles. The van der Waals surface area contributed by atoms with Gasteiger partial charge in [-0.15, -0.1) is 6.58 Å². The van der Waals surface area contributed by atoms with E-state index in [2.05, 4.69) is 23.6 Å². The zero-order chi connectivity index (χ0) is 13.4. The molecule has 18 heavy (non-hydrogen) atoms. The summed E-state index contributed by atoms with van der Waals surface area (Å²) in [6.45, 7) is 3.77. The van der Waals surface area contributed by atoms with Crippen LogP contribution in [-0.4, -0.2) is 13.2 Å². The number of ether oxygens (including phenoxy) is 1. The molecule has 2 nitrogen and oxygen atoms in total. The van der Waals surface area contributed by atoms with Gasteiger partial charge in [-0.25, -0.2) is 0 Å². The van der Waals surface area contributed by atoms with Gasteiger partial charge < -0.3 is 10.1 Å². The Bertz CT molecular complexity index is 369. The summed E-state index contributed by atoms with van der Waals surface area (Å²) >= 11 is 0. The van der Waals surface area contributed by atoms with Crippen LogP contribution in [0.15, 0.2) is 36.9 Å². The molecule has 0 fully saturated rings. The predicted octanol–water partition coefficient (Wildman–Crippen LogP) is 3.90. The Hall–Kier alpha value is -1.42. The first-order valence-corrected chi connectivity index (χ1v) is 6.07. The number of para-hydroxylation sites is 1. The first-order valence-electron chi connectivity index (χ1n) is 6.07. The molecule has 0 aliphatic carbocycles. The van der Waals surface area contributed by atoms with E-state index in [-0.39, 0.29) is 11.8 Å². The number of rotatable bonds is 8. The van der Waals surface area contributed by atoms with Gasteiger partial charge in [0.1, 0.15) is 5.75 Å². The number of halogens is 2. The van der Waals surface area contributed by atoms with Gasteiger partial charge in [-0.05, 0) is 25.5 Å². The highest BCUT2D eigenvalue weighted by molar-refractivity contribution is 5.36. The molecular formula is C14H19F2NO. The molecule has 0 saturated heterocycles. The molecule has 1 atom stereocenters. The molecule has 0 aliphatic rings. The quantitative estimate of drug-likeness (QED) is 0.711. The molecule has 4 heteroatoms. The fourth-order valence-electron chi connectivity index (χ4n) is 1.78. The molecule has 0 aliphatic heterocycles. The molecule has 1 rings (SSSR count). The van der Waals surface area contributed by atoms with Crippen LogP contribution in [0, 0.1) is 0 Å². The summed E-state index contributed by atoms with van der Waals surface area (Å²) in [6.07, 6.45) is 3.42. The zero-order valence-corrected chi connectivity index (χ0v) is 10.5. The molecule has 100 valence electrons. The molecule has 1 aromatic carbocycles. The summed E-state index contributed by atoms with van der Waals surface area (Å²) < 4.78 is 29.2. The van der Waals surface area contributed by atoms with Crippen molar-refractivity contribution in [3.63, 3.8) is 0 Å². The Morgan fingerprint density at radius 3 is 2.72 bits per heavy atom. The van der Waals surface area contributed by atoms with E-state index in [1.54, 1.807) is 24.3 Å². The summed E-state index contributed by atoms with van der Waals surface area (Å²) in [5, 5.41) is 3.30. The van der Waals surface area contributed by atoms with Gasteiger partial charge in [0, 0.05) is 11.6 Å². The van der Waals surface area contributed by atoms with E-state index in [9.17, 15) is 8.78 Å². The van der Waals surface area contributed by atoms with Crippen molar-refractivity contribution >= 4 is 0 Å². The van der Waals surface area contributed by atoms with E-state index >= 15 is 0 Å². The molecule has 0 aromatic heterocycles. The van der Waals surface area contributed by atoms with Crippen molar-refractivity contribution < 1.29 is 13.5 Å². The summed E-state index contributed by atoms with van der Waals surface area (Å²) in [5.41, 5.74) is 0.742. The van der Waals surface area contributed by atoms with Crippen LogP contribution in [0.25, 0.3) is 0 Å². The molecule has 1 unspecified atom stereocenters. The van der Waals surface area contributed by atoms with E-state index < -0.39 is 6.61 Å². The van der Waals surface area contributed by atoms with Crippen molar-refractivity contribution in [2.75, 3.05) is 6.54 Å². The summed E-state index contributed by atoms with van der Waals surface area (Å²) in [5.74, 6) is 0.225. The smallest absolute Gasteiger partial charge is 0.387 e. The van der Waals surface area contributed by atoms with Crippen molar-refractivity contribution in [3.8, 4) is 5.75 Å². The molecule has 1 N–H and O–H groups in total. The second kappa shape index (κ2) is 7.82. The largest absolute Gasteiger partial charge is 0.434 e. The van der Waals surface area contributed by atoms with E-state index in [0.29, 0.717) is 6.42 Å². The average Bonchev–Trinajstić information content (AvgIpc) is 2.35. The van der Waals surface area contributed by atoms with Crippen LogP contribution < -0.4 is 10.1 Å². The lowest BCUT2D eigenvalue weighted by molar-refractivity contribution is -0.0507. The van der Waals surface area contributed by atoms with Crippen LogP contribution in [0.4, 0.5) is 8.78 Å². The highest BCUT2D eigenvalue weighted by Gasteiger charge is 2.16. The maximum absolute atomic E-state index is 12.3. The first kappa shape index (κ1) is 14.6. The monoisotopic (exact) mass is 255 g/mol. The number of hydrogen-bond donors (Lipinski definition) is 1. The van der Waals surface area contributed by atoms with Gasteiger partial charge in [0.25, 0.3) is 0 Å². The van der Waals surface area contributed by atoms with Crippen molar-refractivity contribution in [1.82, 2.24) is 5.32 Å². The fourth-order valence-corrected chi connectivity index (χ4v) is 1.78. The zero-order valence-electron chi connectivity index (χ0n) is 10.5. The number of hydrogen-bond acceptors (Lipinski definition) is 2. The second-order valence-corrected chi connectivity index (χ2v) is 3.95. The van der Waals surface area contributed by atoms with Crippen LogP contribution in [0.1, 0.15) is 31.4 Å². The van der Waals surface area contributed by atoms with E-state index in [4.69, 9.17) is 0 Å². The van der Waals surface area contributed by atoms with Crippen molar-refractivity contribution in [2.24, 2.45) is 0 Å². The van der Waals surface area contributed by atoms with Crippen LogP contribution >= 0.6 is 0 Å². The Kier molecular flexibility index (Phi) is 6.36. The maximum Gasteiger partial charge on any atom is 0.387 e. The maximum atomic E-state index is 12.3. The standard InChI is InChI=1S/C14H19F2NO/c1-3-7-12(17-10-4-2)11-8-5-6-9-13(11)18-14(15)16/h3,5-6,8-9,12,14,17H,1,4,7,10H2,2H3. The number of nitrogens with one attached hydrogen (secondary N) is 1. The van der Waals surface area contributed by atoms with Gasteiger partial charge in [-0.3, -0.25) is 0 Å². The van der Waals surface area contributed by atoms with Crippen molar-refractivity contribution in [3.05, 3.63) is 42.5 Å². The van der Waals surface area contributed by atoms with Gasteiger partial charge >= 0.3 is 6.61 Å². The van der Waals surface area contributed by atoms with Gasteiger partial charge in [-0.1, -0.05) is 31.2 Å². The lowest BCUT2D eigenvalue weighted by Crippen LogP contribution is -2.22. The fraction of sp³-hybridized carbons (Fsp3) is 0.429. The third-order valence-electron chi connectivity index (χ3n) is 2.55. The molecule has 0 spiro atoms. The molecule has 0 bridgehead atoms. The summed E-state index contributed by atoms with van der Waals surface area (Å²) in [7, 11) is 0. The number of benzene rings is 1. The Morgan fingerprint density at radius 2 is 2.11 bits per heavy atom. The molecule has 0 heterocycles. The van der Waals surface area contributed by atoms with E-state index in [1.165, 1.54) is 0 Å².